The van der Waals surface area contributed by atoms with Crippen molar-refractivity contribution in [3.63, 3.8) is 0 Å². The minimum atomic E-state index is 0.184. The Balaban J connectivity index is 2.03. The predicted molar refractivity (Wildman–Crippen MR) is 85.3 cm³/mol. The lowest BCUT2D eigenvalue weighted by Gasteiger charge is -2.34. The summed E-state index contributed by atoms with van der Waals surface area (Å²) in [5.74, 6) is 2.04. The molecule has 112 valence electrons. The first-order valence-corrected chi connectivity index (χ1v) is 8.36. The number of nitrogens with zero attached hydrogens (tertiary/aromatic N) is 2. The Bertz CT molecular complexity index is 472. The molecule has 0 radical (unpaired) electrons. The van der Waals surface area contributed by atoms with Crippen molar-refractivity contribution in [2.45, 2.75) is 53.5 Å². The summed E-state index contributed by atoms with van der Waals surface area (Å²) in [5, 5.41) is 8.57. The zero-order valence-electron chi connectivity index (χ0n) is 13.1. The number of aryl methyl sites for hydroxylation is 2. The van der Waals surface area contributed by atoms with Crippen molar-refractivity contribution < 1.29 is 4.52 Å². The minimum Gasteiger partial charge on any atom is -0.361 e. The normalized spacial score (nSPS) is 19.6. The second-order valence-corrected chi connectivity index (χ2v) is 6.69. The first kappa shape index (κ1) is 15.4. The molecule has 2 rings (SSSR count). The quantitative estimate of drug-likeness (QED) is 0.916. The van der Waals surface area contributed by atoms with Crippen molar-refractivity contribution in [3.8, 4) is 0 Å². The molecule has 0 saturated carbocycles. The Hall–Kier alpha value is -0.970. The molecule has 20 heavy (non-hydrogen) atoms. The fourth-order valence-electron chi connectivity index (χ4n) is 2.68. The zero-order chi connectivity index (χ0) is 14.8. The van der Waals surface area contributed by atoms with Crippen LogP contribution in [-0.4, -0.2) is 22.6 Å². The van der Waals surface area contributed by atoms with Crippen molar-refractivity contribution in [2.75, 3.05) is 12.3 Å². The summed E-state index contributed by atoms with van der Waals surface area (Å²) in [5.41, 5.74) is 2.50. The van der Waals surface area contributed by atoms with Crippen LogP contribution in [0.5, 0.6) is 0 Å². The van der Waals surface area contributed by atoms with Crippen LogP contribution in [0.1, 0.15) is 56.7 Å². The Morgan fingerprint density at radius 1 is 1.35 bits per heavy atom. The fraction of sp³-hybridized carbons (Fsp3) is 0.733. The lowest BCUT2D eigenvalue weighted by Crippen LogP contribution is -2.35. The SMILES string of the molecule is CCC1(CC)CN=C(NC(C)c2c(C)noc2C)SC1. The molecule has 1 unspecified atom stereocenters. The molecule has 1 aliphatic heterocycles. The van der Waals surface area contributed by atoms with Crippen molar-refractivity contribution in [2.24, 2.45) is 10.4 Å². The molecule has 1 aromatic rings. The van der Waals surface area contributed by atoms with Crippen molar-refractivity contribution in [1.29, 1.82) is 0 Å². The van der Waals surface area contributed by atoms with Gasteiger partial charge in [-0.1, -0.05) is 30.8 Å². The van der Waals surface area contributed by atoms with Gasteiger partial charge in [0.1, 0.15) is 5.76 Å². The Morgan fingerprint density at radius 3 is 2.50 bits per heavy atom. The number of hydrogen-bond acceptors (Lipinski definition) is 5. The lowest BCUT2D eigenvalue weighted by atomic mass is 9.84. The third kappa shape index (κ3) is 3.03. The van der Waals surface area contributed by atoms with E-state index in [2.05, 4.69) is 31.2 Å². The standard InChI is InChI=1S/C15H25N3OS/c1-6-15(7-2)8-16-14(20-9-15)17-10(3)13-11(4)18-19-12(13)5/h10H,6-9H2,1-5H3,(H,16,17). The van der Waals surface area contributed by atoms with Crippen LogP contribution in [0.25, 0.3) is 0 Å². The van der Waals surface area contributed by atoms with Crippen LogP contribution < -0.4 is 5.32 Å². The molecule has 0 aromatic carbocycles. The molecule has 2 heterocycles. The Labute approximate surface area is 125 Å². The average molecular weight is 295 g/mol. The number of nitrogens with one attached hydrogen (secondary N) is 1. The summed E-state index contributed by atoms with van der Waals surface area (Å²) in [6.07, 6.45) is 2.40. The van der Waals surface area contributed by atoms with Crippen molar-refractivity contribution in [3.05, 3.63) is 17.0 Å². The molecule has 0 saturated heterocycles. The van der Waals surface area contributed by atoms with Gasteiger partial charge in [-0.25, -0.2) is 0 Å². The third-order valence-corrected chi connectivity index (χ3v) is 5.71. The summed E-state index contributed by atoms with van der Waals surface area (Å²) in [6.45, 7) is 11.6. The smallest absolute Gasteiger partial charge is 0.157 e. The van der Waals surface area contributed by atoms with E-state index < -0.39 is 0 Å². The van der Waals surface area contributed by atoms with Gasteiger partial charge in [0.15, 0.2) is 5.17 Å². The number of aromatic nitrogens is 1. The van der Waals surface area contributed by atoms with E-state index in [9.17, 15) is 0 Å². The highest BCUT2D eigenvalue weighted by Crippen LogP contribution is 2.35. The number of hydrogen-bond donors (Lipinski definition) is 1. The van der Waals surface area contributed by atoms with Gasteiger partial charge in [-0.2, -0.15) is 0 Å². The topological polar surface area (TPSA) is 50.4 Å². The molecule has 1 aromatic heterocycles. The van der Waals surface area contributed by atoms with Crippen LogP contribution in [0.15, 0.2) is 9.52 Å². The van der Waals surface area contributed by atoms with Gasteiger partial charge < -0.3 is 9.84 Å². The molecule has 1 aliphatic rings. The van der Waals surface area contributed by atoms with E-state index >= 15 is 0 Å². The molecule has 5 heteroatoms. The molecule has 1 N–H and O–H groups in total. The van der Waals surface area contributed by atoms with E-state index in [0.29, 0.717) is 5.41 Å². The van der Waals surface area contributed by atoms with Gasteiger partial charge in [-0.05, 0) is 39.0 Å². The van der Waals surface area contributed by atoms with Gasteiger partial charge in [-0.3, -0.25) is 4.99 Å². The molecule has 0 spiro atoms. The highest BCUT2D eigenvalue weighted by Gasteiger charge is 2.30. The second kappa shape index (κ2) is 6.20. The monoisotopic (exact) mass is 295 g/mol. The first-order chi connectivity index (χ1) is 9.51. The number of thioether (sulfide) groups is 1. The highest BCUT2D eigenvalue weighted by atomic mass is 32.2. The number of amidine groups is 1. The molecule has 0 amide bonds. The van der Waals surface area contributed by atoms with Crippen molar-refractivity contribution >= 4 is 16.9 Å². The highest BCUT2D eigenvalue weighted by molar-refractivity contribution is 8.13. The predicted octanol–water partition coefficient (Wildman–Crippen LogP) is 3.85. The summed E-state index contributed by atoms with van der Waals surface area (Å²) < 4.78 is 5.24. The molecular formula is C15H25N3OS. The van der Waals surface area contributed by atoms with Crippen LogP contribution in [0.2, 0.25) is 0 Å². The maximum atomic E-state index is 5.24. The zero-order valence-corrected chi connectivity index (χ0v) is 13.9. The number of aliphatic imine (C=N–C) groups is 1. The van der Waals surface area contributed by atoms with Crippen LogP contribution >= 0.6 is 11.8 Å². The van der Waals surface area contributed by atoms with E-state index in [4.69, 9.17) is 9.52 Å². The number of rotatable bonds is 4. The van der Waals surface area contributed by atoms with E-state index in [-0.39, 0.29) is 6.04 Å². The van der Waals surface area contributed by atoms with Gasteiger partial charge in [0.25, 0.3) is 0 Å². The van der Waals surface area contributed by atoms with Crippen LogP contribution in [-0.2, 0) is 0 Å². The average Bonchev–Trinajstić information content (AvgIpc) is 2.79. The largest absolute Gasteiger partial charge is 0.361 e. The van der Waals surface area contributed by atoms with Crippen molar-refractivity contribution in [1.82, 2.24) is 10.5 Å². The first-order valence-electron chi connectivity index (χ1n) is 7.38. The van der Waals surface area contributed by atoms with Gasteiger partial charge >= 0.3 is 0 Å². The molecule has 0 aliphatic carbocycles. The van der Waals surface area contributed by atoms with Crippen LogP contribution in [0.4, 0.5) is 0 Å². The van der Waals surface area contributed by atoms with E-state index in [1.807, 2.05) is 25.6 Å². The maximum absolute atomic E-state index is 5.24. The summed E-state index contributed by atoms with van der Waals surface area (Å²) >= 11 is 1.84. The Kier molecular flexibility index (Phi) is 4.78. The lowest BCUT2D eigenvalue weighted by molar-refractivity contribution is 0.318. The summed E-state index contributed by atoms with van der Waals surface area (Å²) in [7, 11) is 0. The van der Waals surface area contributed by atoms with Gasteiger partial charge in [0, 0.05) is 17.9 Å². The fourth-order valence-corrected chi connectivity index (χ4v) is 4.04. The van der Waals surface area contributed by atoms with Gasteiger partial charge in [0.05, 0.1) is 11.7 Å². The minimum absolute atomic E-state index is 0.184. The summed E-state index contributed by atoms with van der Waals surface area (Å²) in [4.78, 5) is 4.75. The van der Waals surface area contributed by atoms with Crippen LogP contribution in [0.3, 0.4) is 0 Å². The summed E-state index contributed by atoms with van der Waals surface area (Å²) in [6, 6.07) is 0.184. The van der Waals surface area contributed by atoms with E-state index in [0.717, 1.165) is 34.5 Å². The molecule has 4 nitrogen and oxygen atoms in total. The van der Waals surface area contributed by atoms with E-state index in [1.54, 1.807) is 0 Å². The Morgan fingerprint density at radius 2 is 2.05 bits per heavy atom. The van der Waals surface area contributed by atoms with E-state index in [1.165, 1.54) is 12.8 Å². The molecule has 0 bridgehead atoms. The molecule has 0 fully saturated rings. The van der Waals surface area contributed by atoms with Gasteiger partial charge in [-0.15, -0.1) is 0 Å². The van der Waals surface area contributed by atoms with Gasteiger partial charge in [0.2, 0.25) is 0 Å². The van der Waals surface area contributed by atoms with Crippen LogP contribution in [0, 0.1) is 19.3 Å². The molecule has 1 atom stereocenters. The molecular weight excluding hydrogens is 270 g/mol. The third-order valence-electron chi connectivity index (χ3n) is 4.43. The maximum Gasteiger partial charge on any atom is 0.157 e. The second-order valence-electron chi connectivity index (χ2n) is 5.72.